The minimum Gasteiger partial charge on any atom is -0.364 e. The van der Waals surface area contributed by atoms with Crippen LogP contribution in [0.4, 0.5) is 15.9 Å². The van der Waals surface area contributed by atoms with E-state index >= 15 is 4.39 Å². The monoisotopic (exact) mass is 517 g/mol. The highest BCUT2D eigenvalue weighted by Gasteiger charge is 2.25. The van der Waals surface area contributed by atoms with Gasteiger partial charge in [0.1, 0.15) is 11.6 Å². The lowest BCUT2D eigenvalue weighted by Crippen LogP contribution is -2.47. The van der Waals surface area contributed by atoms with Gasteiger partial charge in [0.2, 0.25) is 0 Å². The summed E-state index contributed by atoms with van der Waals surface area (Å²) in [6.45, 7) is 4.47. The summed E-state index contributed by atoms with van der Waals surface area (Å²) in [7, 11) is 0. The molecule has 2 aromatic heterocycles. The Balaban J connectivity index is 1.30. The van der Waals surface area contributed by atoms with Crippen LogP contribution in [0.25, 0.3) is 16.6 Å². The maximum absolute atomic E-state index is 15.4. The van der Waals surface area contributed by atoms with Crippen LogP contribution in [0.2, 0.25) is 5.02 Å². The number of aromatic nitrogens is 2. The van der Waals surface area contributed by atoms with Crippen molar-refractivity contribution in [1.29, 1.82) is 0 Å². The van der Waals surface area contributed by atoms with Gasteiger partial charge in [-0.2, -0.15) is 0 Å². The summed E-state index contributed by atoms with van der Waals surface area (Å²) in [5.41, 5.74) is 2.68. The Labute approximate surface area is 220 Å². The Morgan fingerprint density at radius 3 is 2.46 bits per heavy atom. The third-order valence-corrected chi connectivity index (χ3v) is 7.65. The number of hydrogen-bond donors (Lipinski definition) is 1. The molecule has 0 bridgehead atoms. The van der Waals surface area contributed by atoms with Gasteiger partial charge < -0.3 is 19.7 Å². The molecular formula is C29H29ClFN5O. The molecule has 2 fully saturated rings. The molecule has 0 amide bonds. The largest absolute Gasteiger partial charge is 0.364 e. The van der Waals surface area contributed by atoms with E-state index in [4.69, 9.17) is 11.6 Å². The molecule has 0 radical (unpaired) electrons. The maximum Gasteiger partial charge on any atom is 0.189 e. The number of nitrogens with zero attached hydrogens (tertiary/aromatic N) is 4. The van der Waals surface area contributed by atoms with E-state index in [0.29, 0.717) is 37.4 Å². The fourth-order valence-corrected chi connectivity index (χ4v) is 5.45. The molecule has 0 spiro atoms. The molecule has 2 aromatic carbocycles. The van der Waals surface area contributed by atoms with Gasteiger partial charge in [-0.15, -0.1) is 0 Å². The first-order valence-electron chi connectivity index (χ1n) is 12.8. The number of nitrogens with one attached hydrogen (secondary N) is 1. The minimum absolute atomic E-state index is 0.250. The number of benzene rings is 2. The molecule has 2 aliphatic rings. The van der Waals surface area contributed by atoms with Crippen LogP contribution >= 0.6 is 11.6 Å². The molecule has 37 heavy (non-hydrogen) atoms. The maximum atomic E-state index is 15.4. The average molecular weight is 518 g/mol. The molecule has 1 N–H and O–H groups in total. The number of hydrogen-bond acceptors (Lipinski definition) is 5. The smallest absolute Gasteiger partial charge is 0.189 e. The molecule has 0 unspecified atom stereocenters. The number of halogens is 2. The number of fused-ring (bicyclic) bond motifs is 1. The fourth-order valence-electron chi connectivity index (χ4n) is 5.05. The van der Waals surface area contributed by atoms with Gasteiger partial charge in [0.25, 0.3) is 0 Å². The molecule has 0 atom stereocenters. The van der Waals surface area contributed by atoms with Crippen molar-refractivity contribution in [3.05, 3.63) is 93.6 Å². The number of pyridine rings is 2. The van der Waals surface area contributed by atoms with E-state index in [0.717, 1.165) is 30.5 Å². The minimum atomic E-state index is -0.476. The lowest BCUT2D eigenvalue weighted by molar-refractivity contribution is 0.597. The zero-order chi connectivity index (χ0) is 25.4. The Morgan fingerprint density at radius 1 is 1.00 bits per heavy atom. The molecule has 8 heteroatoms. The fraction of sp³-hybridized carbons (Fsp3) is 0.310. The number of anilines is 2. The molecular weight excluding hydrogens is 489 g/mol. The zero-order valence-electron chi connectivity index (χ0n) is 20.5. The van der Waals surface area contributed by atoms with Gasteiger partial charge >= 0.3 is 0 Å². The molecule has 1 aliphatic heterocycles. The van der Waals surface area contributed by atoms with E-state index in [2.05, 4.69) is 27.3 Å². The zero-order valence-corrected chi connectivity index (χ0v) is 21.3. The second kappa shape index (κ2) is 10.1. The summed E-state index contributed by atoms with van der Waals surface area (Å²) in [4.78, 5) is 21.3. The van der Waals surface area contributed by atoms with Crippen LogP contribution in [0.1, 0.15) is 18.4 Å². The highest BCUT2D eigenvalue weighted by molar-refractivity contribution is 6.38. The summed E-state index contributed by atoms with van der Waals surface area (Å²) in [5, 5.41) is 4.04. The van der Waals surface area contributed by atoms with E-state index < -0.39 is 5.82 Å². The topological polar surface area (TPSA) is 53.4 Å². The first-order chi connectivity index (χ1) is 18.1. The van der Waals surface area contributed by atoms with Crippen molar-refractivity contribution in [2.75, 3.05) is 42.5 Å². The lowest BCUT2D eigenvalue weighted by Gasteiger charge is -2.37. The van der Waals surface area contributed by atoms with Crippen molar-refractivity contribution in [2.45, 2.75) is 19.4 Å². The van der Waals surface area contributed by atoms with Gasteiger partial charge in [0, 0.05) is 56.9 Å². The van der Waals surface area contributed by atoms with Crippen LogP contribution in [0.15, 0.2) is 71.8 Å². The van der Waals surface area contributed by atoms with Gasteiger partial charge in [-0.05, 0) is 61.2 Å². The Hall–Kier alpha value is -3.42. The predicted octanol–water partition coefficient (Wildman–Crippen LogP) is 5.00. The third-order valence-electron chi connectivity index (χ3n) is 7.29. The van der Waals surface area contributed by atoms with Crippen LogP contribution in [-0.4, -0.2) is 42.3 Å². The lowest BCUT2D eigenvalue weighted by atomic mass is 10.1. The highest BCUT2D eigenvalue weighted by Crippen LogP contribution is 2.37. The van der Waals surface area contributed by atoms with Crippen molar-refractivity contribution in [3.63, 3.8) is 0 Å². The van der Waals surface area contributed by atoms with Crippen molar-refractivity contribution >= 4 is 34.0 Å². The first kappa shape index (κ1) is 23.9. The summed E-state index contributed by atoms with van der Waals surface area (Å²) in [6, 6.07) is 16.8. The van der Waals surface area contributed by atoms with Crippen LogP contribution in [0, 0.1) is 11.7 Å². The normalized spacial score (nSPS) is 15.9. The van der Waals surface area contributed by atoms with E-state index in [1.807, 2.05) is 39.8 Å². The second-order valence-electron chi connectivity index (χ2n) is 9.87. The Kier molecular flexibility index (Phi) is 6.57. The quantitative estimate of drug-likeness (QED) is 0.374. The summed E-state index contributed by atoms with van der Waals surface area (Å²) in [6.07, 6.45) is 6.15. The van der Waals surface area contributed by atoms with E-state index in [9.17, 15) is 4.79 Å². The van der Waals surface area contributed by atoms with E-state index in [1.54, 1.807) is 12.4 Å². The van der Waals surface area contributed by atoms with Gasteiger partial charge in [-0.1, -0.05) is 29.8 Å². The molecule has 4 aromatic rings. The van der Waals surface area contributed by atoms with Crippen molar-refractivity contribution in [2.24, 2.45) is 5.92 Å². The third kappa shape index (κ3) is 4.93. The van der Waals surface area contributed by atoms with Crippen LogP contribution in [-0.2, 0) is 6.54 Å². The van der Waals surface area contributed by atoms with Crippen LogP contribution in [0.3, 0.4) is 0 Å². The number of rotatable bonds is 7. The summed E-state index contributed by atoms with van der Waals surface area (Å²) in [5.74, 6) is 1.27. The highest BCUT2D eigenvalue weighted by atomic mass is 35.5. The standard InChI is InChI=1S/C29H29ClFN5O/c30-27-28-23(17-24(31)29(27)35-15-13-34(14-16-35)26-3-1-2-11-33-26)25(37)10-12-36(28)22-8-6-21(7-9-22)19-32-18-20-4-5-20/h1-3,6-12,17,20,32H,4-5,13-16,18-19H2. The molecule has 3 heterocycles. The van der Waals surface area contributed by atoms with Crippen LogP contribution in [0.5, 0.6) is 0 Å². The Bertz CT molecular complexity index is 1460. The molecule has 6 rings (SSSR count). The average Bonchev–Trinajstić information content (AvgIpc) is 3.75. The molecule has 1 aliphatic carbocycles. The number of piperazine rings is 1. The molecule has 6 nitrogen and oxygen atoms in total. The predicted molar refractivity (Wildman–Crippen MR) is 148 cm³/mol. The second-order valence-corrected chi connectivity index (χ2v) is 10.2. The molecule has 1 saturated heterocycles. The first-order valence-corrected chi connectivity index (χ1v) is 13.2. The van der Waals surface area contributed by atoms with Gasteiger partial charge in [0.05, 0.1) is 21.6 Å². The van der Waals surface area contributed by atoms with E-state index in [-0.39, 0.29) is 15.8 Å². The Morgan fingerprint density at radius 2 is 1.76 bits per heavy atom. The van der Waals surface area contributed by atoms with Gasteiger partial charge in [0.15, 0.2) is 5.43 Å². The van der Waals surface area contributed by atoms with Crippen molar-refractivity contribution in [3.8, 4) is 5.69 Å². The van der Waals surface area contributed by atoms with Gasteiger partial charge in [-0.3, -0.25) is 4.79 Å². The van der Waals surface area contributed by atoms with Gasteiger partial charge in [-0.25, -0.2) is 9.37 Å². The summed E-state index contributed by atoms with van der Waals surface area (Å²) >= 11 is 6.92. The molecule has 1 saturated carbocycles. The van der Waals surface area contributed by atoms with Crippen molar-refractivity contribution < 1.29 is 4.39 Å². The van der Waals surface area contributed by atoms with Crippen LogP contribution < -0.4 is 20.5 Å². The summed E-state index contributed by atoms with van der Waals surface area (Å²) < 4.78 is 17.3. The van der Waals surface area contributed by atoms with E-state index in [1.165, 1.54) is 30.5 Å². The SMILES string of the molecule is O=c1ccn(-c2ccc(CNCC3CC3)cc2)c2c(Cl)c(N3CCN(c4ccccn4)CC3)c(F)cc12. The molecule has 190 valence electrons. The van der Waals surface area contributed by atoms with Crippen molar-refractivity contribution in [1.82, 2.24) is 14.9 Å².